The van der Waals surface area contributed by atoms with E-state index in [9.17, 15) is 0 Å². The fraction of sp³-hybridized carbons (Fsp3) is 1.00. The molecular weight excluding hydrogens is 274 g/mol. The molecule has 0 bridgehead atoms. The Morgan fingerprint density at radius 3 is 1.00 bits per heavy atom. The summed E-state index contributed by atoms with van der Waals surface area (Å²) < 4.78 is 0. The van der Waals surface area contributed by atoms with Gasteiger partial charge in [-0.25, -0.2) is 0 Å². The number of hydrogen-bond acceptors (Lipinski definition) is 1. The first-order chi connectivity index (χ1) is 0. The number of hydrogen-bond donors (Lipinski definition) is 1. The molecule has 0 aromatic carbocycles. The standard InChI is InChI=1S/CH4.H3N.H2O.Ti.W/h1H4;1H3;1H2;;. The van der Waals surface area contributed by atoms with Gasteiger partial charge in [-0.15, -0.1) is 0 Å². The third-order valence-corrected chi connectivity index (χ3v) is 0. The maximum Gasteiger partial charge on any atom is 0 e. The van der Waals surface area contributed by atoms with Gasteiger partial charge in [0.25, 0.3) is 0 Å². The molecule has 2 nitrogen and oxygen atoms in total. The van der Waals surface area contributed by atoms with Crippen LogP contribution in [0.5, 0.6) is 0 Å². The van der Waals surface area contributed by atoms with Gasteiger partial charge in [0, 0.05) is 42.8 Å². The van der Waals surface area contributed by atoms with Crippen LogP contribution in [-0.2, 0) is 42.8 Å². The fourth-order valence-corrected chi connectivity index (χ4v) is 0. The molecule has 4 heteroatoms. The minimum absolute atomic E-state index is 0. The van der Waals surface area contributed by atoms with Crippen molar-refractivity contribution in [2.75, 3.05) is 0 Å². The summed E-state index contributed by atoms with van der Waals surface area (Å²) in [4.78, 5) is 0. The van der Waals surface area contributed by atoms with Gasteiger partial charge >= 0.3 is 0 Å². The van der Waals surface area contributed by atoms with E-state index >= 15 is 0 Å². The van der Waals surface area contributed by atoms with Crippen LogP contribution >= 0.6 is 0 Å². The first-order valence-corrected chi connectivity index (χ1v) is 0. The molecule has 0 fully saturated rings. The maximum atomic E-state index is 0. The van der Waals surface area contributed by atoms with Gasteiger partial charge in [-0.05, 0) is 0 Å². The van der Waals surface area contributed by atoms with Crippen molar-refractivity contribution in [3.63, 3.8) is 0 Å². The predicted octanol–water partition coefficient (Wildman–Crippen LogP) is -0.0316. The average Bonchev–Trinajstić information content (AvgIpc) is 0. The quantitative estimate of drug-likeness (QED) is 0.623. The van der Waals surface area contributed by atoms with Crippen molar-refractivity contribution in [3.8, 4) is 0 Å². The number of rotatable bonds is 0. The van der Waals surface area contributed by atoms with E-state index in [1.807, 2.05) is 0 Å². The Balaban J connectivity index is 0. The Hall–Kier alpha value is 1.32. The second kappa shape index (κ2) is 56.9. The second-order valence-corrected chi connectivity index (χ2v) is 0. The molecule has 5 heavy (non-hydrogen) atoms. The van der Waals surface area contributed by atoms with Crippen LogP contribution in [0.4, 0.5) is 0 Å². The normalized spacial score (nSPS) is 0. The van der Waals surface area contributed by atoms with Crippen LogP contribution in [0.2, 0.25) is 0 Å². The summed E-state index contributed by atoms with van der Waals surface area (Å²) >= 11 is 0. The van der Waals surface area contributed by atoms with Gasteiger partial charge in [-0.2, -0.15) is 0 Å². The second-order valence-electron chi connectivity index (χ2n) is 0. The predicted molar refractivity (Wildman–Crippen MR) is 15.4 cm³/mol. The van der Waals surface area contributed by atoms with Gasteiger partial charge in [0.15, 0.2) is 0 Å². The van der Waals surface area contributed by atoms with E-state index in [4.69, 9.17) is 0 Å². The van der Waals surface area contributed by atoms with Crippen molar-refractivity contribution in [2.24, 2.45) is 0 Å². The van der Waals surface area contributed by atoms with Crippen molar-refractivity contribution < 1.29 is 48.3 Å². The smallest absolute Gasteiger partial charge is 0 e. The van der Waals surface area contributed by atoms with Gasteiger partial charge in [0.05, 0.1) is 0 Å². The molecule has 0 amide bonds. The minimum Gasteiger partial charge on any atom is -0.412 e. The molecule has 5 N–H and O–H groups in total. The van der Waals surface area contributed by atoms with Crippen molar-refractivity contribution >= 4 is 0 Å². The van der Waals surface area contributed by atoms with E-state index in [1.54, 1.807) is 0 Å². The van der Waals surface area contributed by atoms with Gasteiger partial charge in [-0.1, -0.05) is 7.43 Å². The third kappa shape index (κ3) is 33.6. The molecule has 0 atom stereocenters. The summed E-state index contributed by atoms with van der Waals surface area (Å²) in [5.74, 6) is 0. The van der Waals surface area contributed by atoms with E-state index in [2.05, 4.69) is 0 Å². The molecule has 0 saturated carbocycles. The summed E-state index contributed by atoms with van der Waals surface area (Å²) in [6.07, 6.45) is 0. The van der Waals surface area contributed by atoms with Crippen molar-refractivity contribution in [1.29, 1.82) is 0 Å². The van der Waals surface area contributed by atoms with Crippen LogP contribution in [-0.4, -0.2) is 5.48 Å². The Labute approximate surface area is 61.7 Å². The van der Waals surface area contributed by atoms with Crippen LogP contribution in [0, 0.1) is 0 Å². The van der Waals surface area contributed by atoms with E-state index in [1.165, 1.54) is 0 Å². The monoisotopic (exact) mass is 283 g/mol. The first-order valence-electron chi connectivity index (χ1n) is 0. The van der Waals surface area contributed by atoms with Crippen molar-refractivity contribution in [3.05, 3.63) is 0 Å². The van der Waals surface area contributed by atoms with Crippen LogP contribution in [0.1, 0.15) is 7.43 Å². The molecule has 0 aliphatic heterocycles. The summed E-state index contributed by atoms with van der Waals surface area (Å²) in [5.41, 5.74) is 0. The summed E-state index contributed by atoms with van der Waals surface area (Å²) in [6.45, 7) is 0. The van der Waals surface area contributed by atoms with E-state index in [0.717, 1.165) is 0 Å². The molecule has 0 radical (unpaired) electrons. The summed E-state index contributed by atoms with van der Waals surface area (Å²) in [7, 11) is 0. The minimum atomic E-state index is 0. The van der Waals surface area contributed by atoms with Crippen LogP contribution in [0.25, 0.3) is 0 Å². The van der Waals surface area contributed by atoms with E-state index in [-0.39, 0.29) is 61.8 Å². The molecule has 0 heterocycles. The van der Waals surface area contributed by atoms with Crippen molar-refractivity contribution in [2.45, 2.75) is 7.43 Å². The maximum absolute atomic E-state index is 0. The van der Waals surface area contributed by atoms with Gasteiger partial charge in [-0.3, -0.25) is 0 Å². The Bertz CT molecular complexity index is 11.6. The zero-order chi connectivity index (χ0) is 0. The largest absolute Gasteiger partial charge is 0.412 e. The van der Waals surface area contributed by atoms with Gasteiger partial charge in [0.1, 0.15) is 0 Å². The summed E-state index contributed by atoms with van der Waals surface area (Å²) in [6, 6.07) is 0. The topological polar surface area (TPSA) is 66.5 Å². The first kappa shape index (κ1) is 102. The SMILES string of the molecule is C.N.O.[Ti].[W]. The van der Waals surface area contributed by atoms with E-state index < -0.39 is 0 Å². The van der Waals surface area contributed by atoms with E-state index in [0.29, 0.717) is 0 Å². The van der Waals surface area contributed by atoms with Crippen LogP contribution in [0.15, 0.2) is 0 Å². The average molecular weight is 283 g/mol. The molecule has 0 aromatic heterocycles. The fourth-order valence-electron chi connectivity index (χ4n) is 0. The summed E-state index contributed by atoms with van der Waals surface area (Å²) in [5, 5.41) is 0. The van der Waals surface area contributed by atoms with Crippen LogP contribution < -0.4 is 6.15 Å². The van der Waals surface area contributed by atoms with Gasteiger partial charge in [0.2, 0.25) is 0 Å². The van der Waals surface area contributed by atoms with Gasteiger partial charge < -0.3 is 11.6 Å². The molecule has 0 aliphatic carbocycles. The zero-order valence-corrected chi connectivity index (χ0v) is 6.61. The molecule has 0 aromatic rings. The van der Waals surface area contributed by atoms with Crippen LogP contribution in [0.3, 0.4) is 0 Å². The Morgan fingerprint density at radius 2 is 1.00 bits per heavy atom. The molecular formula is CH9NOTiW. The molecule has 0 saturated heterocycles. The van der Waals surface area contributed by atoms with Crippen molar-refractivity contribution in [1.82, 2.24) is 6.15 Å². The Morgan fingerprint density at radius 1 is 1.00 bits per heavy atom. The Kier molecular flexibility index (Phi) is 1160. The molecule has 0 rings (SSSR count). The third-order valence-electron chi connectivity index (χ3n) is 0. The molecule has 0 spiro atoms. The molecule has 0 aliphatic rings. The molecule has 34 valence electrons. The molecule has 0 unspecified atom stereocenters. The zero-order valence-electron chi connectivity index (χ0n) is 2.12.